The van der Waals surface area contributed by atoms with Gasteiger partial charge in [0.1, 0.15) is 11.6 Å². The van der Waals surface area contributed by atoms with Crippen LogP contribution in [0.25, 0.3) is 0 Å². The summed E-state index contributed by atoms with van der Waals surface area (Å²) < 4.78 is 5.45. The number of likely N-dealkylation sites (tertiary alicyclic amines) is 1. The Balaban J connectivity index is 0.00000220. The Morgan fingerprint density at radius 2 is 2.05 bits per heavy atom. The summed E-state index contributed by atoms with van der Waals surface area (Å²) in [4.78, 5) is 10.4. The number of aromatic nitrogens is 1. The van der Waals surface area contributed by atoms with Crippen molar-refractivity contribution < 1.29 is 4.74 Å². The molecule has 0 aliphatic carbocycles. The molecule has 0 bridgehead atoms. The lowest BCUT2D eigenvalue weighted by Crippen LogP contribution is -2.41. The lowest BCUT2D eigenvalue weighted by atomic mass is 10.1. The summed E-state index contributed by atoms with van der Waals surface area (Å²) in [6.45, 7) is 2.83. The molecule has 1 aromatic rings. The van der Waals surface area contributed by atoms with E-state index < -0.39 is 0 Å². The van der Waals surface area contributed by atoms with E-state index in [0.29, 0.717) is 35.0 Å². The van der Waals surface area contributed by atoms with Gasteiger partial charge < -0.3 is 15.4 Å². The van der Waals surface area contributed by atoms with Crippen molar-refractivity contribution in [3.63, 3.8) is 0 Å². The molecule has 0 spiro atoms. The molecule has 0 atom stereocenters. The number of nitrogens with two attached hydrogens (primary N) is 1. The van der Waals surface area contributed by atoms with E-state index >= 15 is 0 Å². The molecule has 0 saturated carbocycles. The van der Waals surface area contributed by atoms with Crippen LogP contribution in [0.4, 0.5) is 0 Å². The SMILES string of the molecule is I.NC(=NCCOc1ncc(Cl)cc1Cl)N1CCCCC1. The van der Waals surface area contributed by atoms with Gasteiger partial charge in [0.05, 0.1) is 11.6 Å². The zero-order valence-corrected chi connectivity index (χ0v) is 15.4. The summed E-state index contributed by atoms with van der Waals surface area (Å²) in [6, 6.07) is 1.59. The Kier molecular flexibility index (Phi) is 8.43. The molecule has 0 radical (unpaired) electrons. The van der Waals surface area contributed by atoms with Gasteiger partial charge in [-0.3, -0.25) is 0 Å². The van der Waals surface area contributed by atoms with Gasteiger partial charge in [-0.05, 0) is 25.3 Å². The molecule has 2 heterocycles. The third kappa shape index (κ3) is 6.04. The van der Waals surface area contributed by atoms with Crippen LogP contribution in [0.5, 0.6) is 5.88 Å². The maximum Gasteiger partial charge on any atom is 0.232 e. The van der Waals surface area contributed by atoms with Gasteiger partial charge in [-0.1, -0.05) is 23.2 Å². The third-order valence-electron chi connectivity index (χ3n) is 3.06. The van der Waals surface area contributed by atoms with Crippen LogP contribution in [0.2, 0.25) is 10.0 Å². The van der Waals surface area contributed by atoms with E-state index in [9.17, 15) is 0 Å². The van der Waals surface area contributed by atoms with Crippen molar-refractivity contribution in [3.05, 3.63) is 22.3 Å². The minimum absolute atomic E-state index is 0. The van der Waals surface area contributed by atoms with E-state index in [1.165, 1.54) is 25.5 Å². The highest BCUT2D eigenvalue weighted by molar-refractivity contribution is 14.0. The molecule has 5 nitrogen and oxygen atoms in total. The van der Waals surface area contributed by atoms with Crippen LogP contribution in [0, 0.1) is 0 Å². The van der Waals surface area contributed by atoms with Crippen molar-refractivity contribution in [2.24, 2.45) is 10.7 Å². The number of rotatable bonds is 4. The van der Waals surface area contributed by atoms with Crippen molar-refractivity contribution in [2.45, 2.75) is 19.3 Å². The second-order valence-corrected chi connectivity index (χ2v) is 5.42. The Bertz CT molecular complexity index is 481. The maximum absolute atomic E-state index is 5.95. The highest BCUT2D eigenvalue weighted by Gasteiger charge is 2.11. The predicted octanol–water partition coefficient (Wildman–Crippen LogP) is 3.19. The second-order valence-electron chi connectivity index (χ2n) is 4.58. The average molecular weight is 445 g/mol. The highest BCUT2D eigenvalue weighted by atomic mass is 127. The normalized spacial score (nSPS) is 15.5. The number of nitrogens with zero attached hydrogens (tertiary/aromatic N) is 3. The molecule has 0 amide bonds. The van der Waals surface area contributed by atoms with Crippen LogP contribution in [0.1, 0.15) is 19.3 Å². The fourth-order valence-corrected chi connectivity index (χ4v) is 2.47. The van der Waals surface area contributed by atoms with Gasteiger partial charge in [0.15, 0.2) is 5.96 Å². The molecular weight excluding hydrogens is 426 g/mol. The Hall–Kier alpha value is -0.470. The lowest BCUT2D eigenvalue weighted by molar-refractivity contribution is 0.311. The third-order valence-corrected chi connectivity index (χ3v) is 3.54. The maximum atomic E-state index is 5.95. The first-order chi connectivity index (χ1) is 9.66. The first-order valence-corrected chi connectivity index (χ1v) is 7.41. The smallest absolute Gasteiger partial charge is 0.232 e. The number of guanidine groups is 1. The molecule has 21 heavy (non-hydrogen) atoms. The summed E-state index contributed by atoms with van der Waals surface area (Å²) in [7, 11) is 0. The molecule has 1 aromatic heterocycles. The number of hydrogen-bond acceptors (Lipinski definition) is 3. The summed E-state index contributed by atoms with van der Waals surface area (Å²) in [5, 5.41) is 0.875. The van der Waals surface area contributed by atoms with E-state index in [0.717, 1.165) is 13.1 Å². The number of hydrogen-bond donors (Lipinski definition) is 1. The van der Waals surface area contributed by atoms with E-state index in [4.69, 9.17) is 33.7 Å². The monoisotopic (exact) mass is 444 g/mol. The van der Waals surface area contributed by atoms with Crippen LogP contribution >= 0.6 is 47.2 Å². The summed E-state index contributed by atoms with van der Waals surface area (Å²) in [5.41, 5.74) is 5.94. The van der Waals surface area contributed by atoms with Crippen molar-refractivity contribution in [1.29, 1.82) is 0 Å². The molecular formula is C13H19Cl2IN4O. The number of halogens is 3. The van der Waals surface area contributed by atoms with Gasteiger partial charge in [-0.15, -0.1) is 24.0 Å². The zero-order chi connectivity index (χ0) is 14.4. The summed E-state index contributed by atoms with van der Waals surface area (Å²) in [5.74, 6) is 0.950. The van der Waals surface area contributed by atoms with E-state index in [-0.39, 0.29) is 24.0 Å². The summed E-state index contributed by atoms with van der Waals surface area (Å²) in [6.07, 6.45) is 5.12. The number of piperidine rings is 1. The molecule has 2 N–H and O–H groups in total. The Morgan fingerprint density at radius 1 is 1.33 bits per heavy atom. The van der Waals surface area contributed by atoms with Gasteiger partial charge in [0, 0.05) is 19.3 Å². The van der Waals surface area contributed by atoms with Crippen LogP contribution in [0.15, 0.2) is 17.3 Å². The van der Waals surface area contributed by atoms with E-state index in [2.05, 4.69) is 14.9 Å². The second kappa shape index (κ2) is 9.53. The van der Waals surface area contributed by atoms with Crippen molar-refractivity contribution in [2.75, 3.05) is 26.2 Å². The summed E-state index contributed by atoms with van der Waals surface area (Å²) >= 11 is 11.7. The molecule has 1 aliphatic heterocycles. The molecule has 8 heteroatoms. The predicted molar refractivity (Wildman–Crippen MR) is 97.1 cm³/mol. The lowest BCUT2D eigenvalue weighted by Gasteiger charge is -2.27. The van der Waals surface area contributed by atoms with Gasteiger partial charge >= 0.3 is 0 Å². The van der Waals surface area contributed by atoms with Crippen molar-refractivity contribution in [3.8, 4) is 5.88 Å². The highest BCUT2D eigenvalue weighted by Crippen LogP contribution is 2.24. The molecule has 0 aromatic carbocycles. The average Bonchev–Trinajstić information content (AvgIpc) is 2.46. The van der Waals surface area contributed by atoms with Crippen LogP contribution in [-0.4, -0.2) is 42.1 Å². The topological polar surface area (TPSA) is 63.7 Å². The van der Waals surface area contributed by atoms with Crippen LogP contribution in [0.3, 0.4) is 0 Å². The molecule has 1 fully saturated rings. The van der Waals surface area contributed by atoms with Crippen LogP contribution < -0.4 is 10.5 Å². The minimum atomic E-state index is 0. The molecule has 1 aliphatic rings. The molecule has 118 valence electrons. The van der Waals surface area contributed by atoms with Crippen LogP contribution in [-0.2, 0) is 0 Å². The Labute approximate surface area is 151 Å². The largest absolute Gasteiger partial charge is 0.475 e. The molecule has 2 rings (SSSR count). The fourth-order valence-electron chi connectivity index (χ4n) is 2.03. The quantitative estimate of drug-likeness (QED) is 0.335. The zero-order valence-electron chi connectivity index (χ0n) is 11.6. The van der Waals surface area contributed by atoms with E-state index in [1.54, 1.807) is 6.07 Å². The number of pyridine rings is 1. The fraction of sp³-hybridized carbons (Fsp3) is 0.538. The van der Waals surface area contributed by atoms with Gasteiger partial charge in [-0.25, -0.2) is 9.98 Å². The standard InChI is InChI=1S/C13H18Cl2N4O.HI/c14-10-8-11(15)12(18-9-10)20-7-4-17-13(16)19-5-2-1-3-6-19;/h8-9H,1-7H2,(H2,16,17);1H. The van der Waals surface area contributed by atoms with Crippen molar-refractivity contribution in [1.82, 2.24) is 9.88 Å². The van der Waals surface area contributed by atoms with Gasteiger partial charge in [-0.2, -0.15) is 0 Å². The molecule has 1 saturated heterocycles. The number of aliphatic imine (C=N–C) groups is 1. The van der Waals surface area contributed by atoms with Gasteiger partial charge in [0.25, 0.3) is 0 Å². The Morgan fingerprint density at radius 3 is 2.71 bits per heavy atom. The molecule has 0 unspecified atom stereocenters. The first-order valence-electron chi connectivity index (χ1n) is 6.65. The van der Waals surface area contributed by atoms with Gasteiger partial charge in [0.2, 0.25) is 5.88 Å². The first kappa shape index (κ1) is 18.6. The minimum Gasteiger partial charge on any atom is -0.475 e. The van der Waals surface area contributed by atoms with Crippen molar-refractivity contribution >= 4 is 53.1 Å². The number of ether oxygens (including phenoxy) is 1. The van der Waals surface area contributed by atoms with E-state index in [1.807, 2.05) is 0 Å².